The average Bonchev–Trinajstić information content (AvgIpc) is 3.14. The first kappa shape index (κ1) is 18.6. The van der Waals surface area contributed by atoms with E-state index in [2.05, 4.69) is 4.98 Å². The number of aromatic nitrogens is 5. The molecule has 0 fully saturated rings. The molecule has 0 unspecified atom stereocenters. The predicted molar refractivity (Wildman–Crippen MR) is 111 cm³/mol. The highest BCUT2D eigenvalue weighted by molar-refractivity contribution is 6.31. The first-order valence-corrected chi connectivity index (χ1v) is 9.55. The Hall–Kier alpha value is -2.80. The lowest BCUT2D eigenvalue weighted by molar-refractivity contribution is 0.484. The molecule has 8 heteroatoms. The number of imidazole rings is 2. The molecule has 146 valence electrons. The number of hydrogen-bond donors (Lipinski definition) is 0. The van der Waals surface area contributed by atoms with Gasteiger partial charge in [0, 0.05) is 30.5 Å². The lowest BCUT2D eigenvalue weighted by atomic mass is 10.2. The van der Waals surface area contributed by atoms with Gasteiger partial charge in [0.25, 0.3) is 5.56 Å². The smallest absolute Gasteiger partial charge is 0.283 e. The topological polar surface area (TPSA) is 66.2 Å². The van der Waals surface area contributed by atoms with Crippen LogP contribution in [0, 0.1) is 19.8 Å². The third-order valence-electron chi connectivity index (χ3n) is 4.99. The third-order valence-corrected chi connectivity index (χ3v) is 5.39. The van der Waals surface area contributed by atoms with Crippen LogP contribution < -0.4 is 11.2 Å². The molecule has 0 aliphatic carbocycles. The van der Waals surface area contributed by atoms with Crippen LogP contribution in [0.2, 0.25) is 5.02 Å². The van der Waals surface area contributed by atoms with Crippen molar-refractivity contribution in [2.45, 2.75) is 34.2 Å². The summed E-state index contributed by atoms with van der Waals surface area (Å²) >= 11 is 6.31. The van der Waals surface area contributed by atoms with Crippen molar-refractivity contribution in [2.24, 2.45) is 13.0 Å². The first-order chi connectivity index (χ1) is 13.2. The fourth-order valence-electron chi connectivity index (χ4n) is 3.58. The molecular formula is C20H22ClN5O2. The highest BCUT2D eigenvalue weighted by Crippen LogP contribution is 2.24. The zero-order valence-corrected chi connectivity index (χ0v) is 17.3. The SMILES string of the molecule is Cc1ccc(-n2c(C)cn3c4c(=O)n(CC(C)C)c(=O)n(C)c4nc23)cc1Cl. The predicted octanol–water partition coefficient (Wildman–Crippen LogP) is 3.06. The maximum absolute atomic E-state index is 13.1. The number of hydrogen-bond acceptors (Lipinski definition) is 3. The van der Waals surface area contributed by atoms with Gasteiger partial charge in [0.1, 0.15) is 0 Å². The second-order valence-electron chi connectivity index (χ2n) is 7.64. The van der Waals surface area contributed by atoms with Crippen LogP contribution in [-0.4, -0.2) is 23.1 Å². The van der Waals surface area contributed by atoms with Crippen molar-refractivity contribution < 1.29 is 0 Å². The number of fused-ring (bicyclic) bond motifs is 3. The molecule has 0 aliphatic heterocycles. The second kappa shape index (κ2) is 6.38. The molecule has 0 atom stereocenters. The fourth-order valence-corrected chi connectivity index (χ4v) is 3.75. The van der Waals surface area contributed by atoms with Gasteiger partial charge in [-0.1, -0.05) is 31.5 Å². The maximum Gasteiger partial charge on any atom is 0.332 e. The number of rotatable bonds is 3. The van der Waals surface area contributed by atoms with Gasteiger partial charge < -0.3 is 0 Å². The monoisotopic (exact) mass is 399 g/mol. The molecule has 0 N–H and O–H groups in total. The summed E-state index contributed by atoms with van der Waals surface area (Å²) in [5.41, 5.74) is 2.85. The van der Waals surface area contributed by atoms with Gasteiger partial charge in [0.15, 0.2) is 11.2 Å². The van der Waals surface area contributed by atoms with Crippen LogP contribution in [-0.2, 0) is 13.6 Å². The van der Waals surface area contributed by atoms with E-state index in [1.165, 1.54) is 9.13 Å². The Kier molecular flexibility index (Phi) is 4.23. The summed E-state index contributed by atoms with van der Waals surface area (Å²) in [5, 5.41) is 0.659. The van der Waals surface area contributed by atoms with E-state index in [-0.39, 0.29) is 17.2 Å². The van der Waals surface area contributed by atoms with Gasteiger partial charge >= 0.3 is 5.69 Å². The Morgan fingerprint density at radius 2 is 1.89 bits per heavy atom. The molecular weight excluding hydrogens is 378 g/mol. The lowest BCUT2D eigenvalue weighted by Gasteiger charge is -2.10. The normalized spacial score (nSPS) is 12.0. The summed E-state index contributed by atoms with van der Waals surface area (Å²) in [5.74, 6) is 0.745. The lowest BCUT2D eigenvalue weighted by Crippen LogP contribution is -2.40. The third kappa shape index (κ3) is 2.61. The summed E-state index contributed by atoms with van der Waals surface area (Å²) in [6.45, 7) is 8.21. The molecule has 0 radical (unpaired) electrons. The summed E-state index contributed by atoms with van der Waals surface area (Å²) in [4.78, 5) is 30.5. The Labute approximate surface area is 166 Å². The molecule has 0 saturated carbocycles. The van der Waals surface area contributed by atoms with Crippen LogP contribution in [0.5, 0.6) is 0 Å². The molecule has 4 rings (SSSR count). The fraction of sp³-hybridized carbons (Fsp3) is 0.350. The highest BCUT2D eigenvalue weighted by atomic mass is 35.5. The van der Waals surface area contributed by atoms with Crippen molar-refractivity contribution in [3.63, 3.8) is 0 Å². The van der Waals surface area contributed by atoms with E-state index in [0.29, 0.717) is 28.5 Å². The van der Waals surface area contributed by atoms with Gasteiger partial charge in [-0.05, 0) is 37.5 Å². The zero-order chi connectivity index (χ0) is 20.3. The molecule has 0 saturated heterocycles. The van der Waals surface area contributed by atoms with E-state index in [1.807, 2.05) is 56.7 Å². The van der Waals surface area contributed by atoms with Gasteiger partial charge in [-0.2, -0.15) is 4.98 Å². The van der Waals surface area contributed by atoms with Gasteiger partial charge in [-0.3, -0.25) is 22.9 Å². The largest absolute Gasteiger partial charge is 0.332 e. The van der Waals surface area contributed by atoms with Crippen LogP contribution in [0.3, 0.4) is 0 Å². The van der Waals surface area contributed by atoms with Crippen molar-refractivity contribution in [1.82, 2.24) is 23.1 Å². The van der Waals surface area contributed by atoms with Crippen LogP contribution in [0.1, 0.15) is 25.1 Å². The summed E-state index contributed by atoms with van der Waals surface area (Å²) in [6, 6.07) is 5.78. The minimum absolute atomic E-state index is 0.173. The van der Waals surface area contributed by atoms with Crippen LogP contribution >= 0.6 is 11.6 Å². The maximum atomic E-state index is 13.1. The van der Waals surface area contributed by atoms with E-state index in [4.69, 9.17) is 11.6 Å². The molecule has 3 aromatic heterocycles. The minimum Gasteiger partial charge on any atom is -0.283 e. The molecule has 0 spiro atoms. The second-order valence-corrected chi connectivity index (χ2v) is 8.05. The molecule has 7 nitrogen and oxygen atoms in total. The van der Waals surface area contributed by atoms with Crippen LogP contribution in [0.15, 0.2) is 34.0 Å². The van der Waals surface area contributed by atoms with Crippen molar-refractivity contribution >= 4 is 28.5 Å². The first-order valence-electron chi connectivity index (χ1n) is 9.17. The molecule has 1 aromatic carbocycles. The van der Waals surface area contributed by atoms with E-state index in [1.54, 1.807) is 11.4 Å². The average molecular weight is 400 g/mol. The van der Waals surface area contributed by atoms with Crippen molar-refractivity contribution in [3.05, 3.63) is 61.5 Å². The van der Waals surface area contributed by atoms with Crippen molar-refractivity contribution in [2.75, 3.05) is 0 Å². The van der Waals surface area contributed by atoms with Crippen LogP contribution in [0.25, 0.3) is 22.6 Å². The Balaban J connectivity index is 2.10. The number of benzene rings is 1. The quantitative estimate of drug-likeness (QED) is 0.531. The molecule has 4 aromatic rings. The number of nitrogens with zero attached hydrogens (tertiary/aromatic N) is 5. The van der Waals surface area contributed by atoms with E-state index in [9.17, 15) is 9.59 Å². The van der Waals surface area contributed by atoms with Gasteiger partial charge in [-0.15, -0.1) is 0 Å². The summed E-state index contributed by atoms with van der Waals surface area (Å²) in [7, 11) is 1.65. The van der Waals surface area contributed by atoms with Crippen molar-refractivity contribution in [3.8, 4) is 5.69 Å². The Morgan fingerprint density at radius 1 is 1.18 bits per heavy atom. The van der Waals surface area contributed by atoms with E-state index < -0.39 is 0 Å². The van der Waals surface area contributed by atoms with E-state index >= 15 is 0 Å². The number of halogens is 1. The van der Waals surface area contributed by atoms with Gasteiger partial charge in [-0.25, -0.2) is 4.79 Å². The molecule has 28 heavy (non-hydrogen) atoms. The summed E-state index contributed by atoms with van der Waals surface area (Å²) < 4.78 is 6.42. The minimum atomic E-state index is -0.353. The molecule has 0 bridgehead atoms. The zero-order valence-electron chi connectivity index (χ0n) is 16.5. The molecule has 0 aliphatic rings. The van der Waals surface area contributed by atoms with Gasteiger partial charge in [0.05, 0.1) is 5.69 Å². The Bertz CT molecular complexity index is 1350. The molecule has 3 heterocycles. The van der Waals surface area contributed by atoms with Gasteiger partial charge in [0.2, 0.25) is 5.78 Å². The van der Waals surface area contributed by atoms with Crippen LogP contribution in [0.4, 0.5) is 0 Å². The van der Waals surface area contributed by atoms with Crippen molar-refractivity contribution in [1.29, 1.82) is 0 Å². The number of aryl methyl sites for hydroxylation is 3. The van der Waals surface area contributed by atoms with E-state index in [0.717, 1.165) is 16.9 Å². The highest BCUT2D eigenvalue weighted by Gasteiger charge is 2.21. The molecule has 0 amide bonds. The standard InChI is InChI=1S/C20H22ClN5O2/c1-11(2)9-25-18(27)16-17(23(5)20(25)28)22-19-24(16)10-13(4)26(19)14-7-6-12(3)15(21)8-14/h6-8,10-11H,9H2,1-5H3. The summed E-state index contributed by atoms with van der Waals surface area (Å²) in [6.07, 6.45) is 1.87. The Morgan fingerprint density at radius 3 is 2.54 bits per heavy atom.